The van der Waals surface area contributed by atoms with E-state index in [1.54, 1.807) is 11.5 Å². The van der Waals surface area contributed by atoms with Crippen LogP contribution < -0.4 is 5.32 Å². The van der Waals surface area contributed by atoms with Gasteiger partial charge in [0.2, 0.25) is 0 Å². The van der Waals surface area contributed by atoms with E-state index in [1.165, 1.54) is 6.26 Å². The lowest BCUT2D eigenvalue weighted by Crippen LogP contribution is -2.13. The Morgan fingerprint density at radius 3 is 2.73 bits per heavy atom. The molecule has 0 radical (unpaired) electrons. The lowest BCUT2D eigenvalue weighted by atomic mass is 10.2. The van der Waals surface area contributed by atoms with Crippen LogP contribution in [0.4, 0.5) is 5.69 Å². The summed E-state index contributed by atoms with van der Waals surface area (Å²) >= 11 is 1.13. The Bertz CT molecular complexity index is 412. The van der Waals surface area contributed by atoms with E-state index in [0.717, 1.165) is 17.7 Å². The first kappa shape index (κ1) is 9.86. The quantitative estimate of drug-likeness (QED) is 0.777. The molecule has 1 aliphatic heterocycles. The van der Waals surface area contributed by atoms with E-state index in [9.17, 15) is 4.79 Å². The van der Waals surface area contributed by atoms with Gasteiger partial charge in [-0.05, 0) is 18.2 Å². The molecule has 3 nitrogen and oxygen atoms in total. The summed E-state index contributed by atoms with van der Waals surface area (Å²) in [5.41, 5.74) is 1.38. The first-order chi connectivity index (χ1) is 7.36. The minimum absolute atomic E-state index is 0.131. The number of para-hydroxylation sites is 1. The van der Waals surface area contributed by atoms with Crippen molar-refractivity contribution < 1.29 is 8.98 Å². The Morgan fingerprint density at radius 1 is 1.27 bits per heavy atom. The van der Waals surface area contributed by atoms with E-state index in [2.05, 4.69) is 5.32 Å². The fourth-order valence-electron chi connectivity index (χ4n) is 1.11. The molecular weight excluding hydrogens is 210 g/mol. The third-order valence-corrected chi connectivity index (χ3v) is 2.40. The Morgan fingerprint density at radius 2 is 2.07 bits per heavy atom. The Balaban J connectivity index is 2.04. The average Bonchev–Trinajstić information content (AvgIpc) is 2.31. The van der Waals surface area contributed by atoms with E-state index >= 15 is 0 Å². The van der Waals surface area contributed by atoms with E-state index in [1.807, 2.05) is 30.3 Å². The van der Waals surface area contributed by atoms with Crippen molar-refractivity contribution in [2.75, 3.05) is 5.32 Å². The second kappa shape index (κ2) is 4.70. The zero-order valence-corrected chi connectivity index (χ0v) is 8.66. The van der Waals surface area contributed by atoms with E-state index < -0.39 is 0 Å². The molecule has 0 atom stereocenters. The molecule has 0 saturated carbocycles. The number of amides is 1. The SMILES string of the molecule is O=C(Nc1ccccc1)C1=CSOC=C1. The maximum Gasteiger partial charge on any atom is 0.256 e. The minimum atomic E-state index is -0.131. The van der Waals surface area contributed by atoms with Gasteiger partial charge in [-0.1, -0.05) is 18.2 Å². The Hall–Kier alpha value is -1.68. The van der Waals surface area contributed by atoms with Crippen LogP contribution in [0.1, 0.15) is 0 Å². The average molecular weight is 219 g/mol. The molecule has 0 fully saturated rings. The molecule has 1 aromatic carbocycles. The van der Waals surface area contributed by atoms with Gasteiger partial charge < -0.3 is 9.50 Å². The third-order valence-electron chi connectivity index (χ3n) is 1.83. The topological polar surface area (TPSA) is 38.3 Å². The summed E-state index contributed by atoms with van der Waals surface area (Å²) in [7, 11) is 0. The van der Waals surface area contributed by atoms with Gasteiger partial charge in [-0.2, -0.15) is 0 Å². The molecule has 0 unspecified atom stereocenters. The molecule has 1 aliphatic rings. The second-order valence-electron chi connectivity index (χ2n) is 2.89. The summed E-state index contributed by atoms with van der Waals surface area (Å²) < 4.78 is 4.88. The first-order valence-corrected chi connectivity index (χ1v) is 5.22. The zero-order chi connectivity index (χ0) is 10.5. The molecule has 0 aromatic heterocycles. The van der Waals surface area contributed by atoms with Crippen LogP contribution in [-0.4, -0.2) is 5.91 Å². The highest BCUT2D eigenvalue weighted by atomic mass is 32.2. The number of nitrogens with one attached hydrogen (secondary N) is 1. The van der Waals surface area contributed by atoms with E-state index in [4.69, 9.17) is 4.18 Å². The molecule has 0 spiro atoms. The van der Waals surface area contributed by atoms with Gasteiger partial charge in [0.15, 0.2) is 0 Å². The van der Waals surface area contributed by atoms with Crippen LogP contribution in [0.2, 0.25) is 0 Å². The van der Waals surface area contributed by atoms with Crippen LogP contribution in [0.15, 0.2) is 53.7 Å². The molecule has 1 amide bonds. The number of hydrogen-bond acceptors (Lipinski definition) is 3. The van der Waals surface area contributed by atoms with Crippen LogP contribution in [0.5, 0.6) is 0 Å². The molecule has 0 aliphatic carbocycles. The maximum absolute atomic E-state index is 11.7. The molecule has 1 heterocycles. The van der Waals surface area contributed by atoms with Crippen molar-refractivity contribution in [3.8, 4) is 0 Å². The highest BCUT2D eigenvalue weighted by Crippen LogP contribution is 2.17. The van der Waals surface area contributed by atoms with Gasteiger partial charge in [0.25, 0.3) is 5.91 Å². The molecule has 2 rings (SSSR count). The molecule has 0 saturated heterocycles. The largest absolute Gasteiger partial charge is 0.429 e. The maximum atomic E-state index is 11.7. The van der Waals surface area contributed by atoms with Crippen LogP contribution in [0.3, 0.4) is 0 Å². The number of rotatable bonds is 2. The van der Waals surface area contributed by atoms with Crippen molar-refractivity contribution in [2.45, 2.75) is 0 Å². The van der Waals surface area contributed by atoms with E-state index in [0.29, 0.717) is 5.57 Å². The van der Waals surface area contributed by atoms with E-state index in [-0.39, 0.29) is 5.91 Å². The smallest absolute Gasteiger partial charge is 0.256 e. The number of carbonyl (C=O) groups is 1. The molecule has 15 heavy (non-hydrogen) atoms. The summed E-state index contributed by atoms with van der Waals surface area (Å²) in [6, 6.07) is 9.33. The summed E-state index contributed by atoms with van der Waals surface area (Å²) in [4.78, 5) is 11.7. The molecule has 0 bridgehead atoms. The van der Waals surface area contributed by atoms with Crippen LogP contribution in [0.25, 0.3) is 0 Å². The van der Waals surface area contributed by atoms with Crippen LogP contribution in [-0.2, 0) is 8.98 Å². The monoisotopic (exact) mass is 219 g/mol. The third kappa shape index (κ3) is 2.63. The number of anilines is 1. The highest BCUT2D eigenvalue weighted by Gasteiger charge is 2.09. The van der Waals surface area contributed by atoms with Gasteiger partial charge in [0.1, 0.15) is 6.26 Å². The highest BCUT2D eigenvalue weighted by molar-refractivity contribution is 7.97. The summed E-state index contributed by atoms with van der Waals surface area (Å²) in [6.07, 6.45) is 3.12. The van der Waals surface area contributed by atoms with Crippen molar-refractivity contribution >= 4 is 23.6 Å². The lowest BCUT2D eigenvalue weighted by molar-refractivity contribution is -0.112. The molecule has 1 N–H and O–H groups in total. The second-order valence-corrected chi connectivity index (χ2v) is 3.51. The Kier molecular flexibility index (Phi) is 3.09. The normalized spacial score (nSPS) is 14.0. The number of hydrogen-bond donors (Lipinski definition) is 1. The van der Waals surface area contributed by atoms with Gasteiger partial charge >= 0.3 is 0 Å². The summed E-state index contributed by atoms with van der Waals surface area (Å²) in [6.45, 7) is 0. The van der Waals surface area contributed by atoms with Gasteiger partial charge in [0, 0.05) is 11.1 Å². The number of benzene rings is 1. The first-order valence-electron chi connectivity index (χ1n) is 4.41. The summed E-state index contributed by atoms with van der Waals surface area (Å²) in [5.74, 6) is -0.131. The predicted octanol–water partition coefficient (Wildman–Crippen LogP) is 2.70. The predicted molar refractivity (Wildman–Crippen MR) is 61.0 cm³/mol. The van der Waals surface area contributed by atoms with Gasteiger partial charge in [0.05, 0.1) is 17.6 Å². The van der Waals surface area contributed by atoms with Crippen molar-refractivity contribution in [3.05, 3.63) is 53.7 Å². The fraction of sp³-hybridized carbons (Fsp3) is 0. The van der Waals surface area contributed by atoms with Gasteiger partial charge in [-0.3, -0.25) is 4.79 Å². The minimum Gasteiger partial charge on any atom is -0.429 e. The lowest BCUT2D eigenvalue weighted by Gasteiger charge is -2.07. The van der Waals surface area contributed by atoms with Gasteiger partial charge in [-0.15, -0.1) is 0 Å². The van der Waals surface area contributed by atoms with Crippen molar-refractivity contribution in [1.82, 2.24) is 0 Å². The fourth-order valence-corrected chi connectivity index (χ4v) is 1.57. The number of carbonyl (C=O) groups excluding carboxylic acids is 1. The van der Waals surface area contributed by atoms with Crippen LogP contribution in [0, 0.1) is 0 Å². The molecule has 1 aromatic rings. The van der Waals surface area contributed by atoms with Crippen molar-refractivity contribution in [3.63, 3.8) is 0 Å². The Labute approximate surface area is 92.0 Å². The van der Waals surface area contributed by atoms with Crippen molar-refractivity contribution in [2.24, 2.45) is 0 Å². The van der Waals surface area contributed by atoms with Gasteiger partial charge in [-0.25, -0.2) is 0 Å². The van der Waals surface area contributed by atoms with Crippen molar-refractivity contribution in [1.29, 1.82) is 0 Å². The summed E-state index contributed by atoms with van der Waals surface area (Å²) in [5, 5.41) is 4.45. The standard InChI is InChI=1S/C11H9NO2S/c13-11(9-6-7-14-15-8-9)12-10-4-2-1-3-5-10/h1-8H,(H,12,13). The molecule has 76 valence electrons. The van der Waals surface area contributed by atoms with Crippen LogP contribution >= 0.6 is 12.0 Å². The molecule has 4 heteroatoms. The molecular formula is C11H9NO2S. The zero-order valence-electron chi connectivity index (χ0n) is 7.84.